The molecule has 0 aliphatic rings. The molecule has 0 aliphatic heterocycles. The van der Waals surface area contributed by atoms with Crippen LogP contribution >= 0.6 is 0 Å². The number of fused-ring (bicyclic) bond motifs is 4. The van der Waals surface area contributed by atoms with Gasteiger partial charge in [-0.05, 0) is 66.3 Å². The van der Waals surface area contributed by atoms with Crippen molar-refractivity contribution in [3.63, 3.8) is 0 Å². The van der Waals surface area contributed by atoms with E-state index in [2.05, 4.69) is 83.1 Å². The Labute approximate surface area is 199 Å². The van der Waals surface area contributed by atoms with Crippen LogP contribution in [0.25, 0.3) is 55.6 Å². The molecule has 0 N–H and O–H groups in total. The van der Waals surface area contributed by atoms with Gasteiger partial charge in [0.15, 0.2) is 0 Å². The molecular formula is C31H27NO2. The normalized spacial score (nSPS) is 12.3. The summed E-state index contributed by atoms with van der Waals surface area (Å²) in [7, 11) is 0. The number of nitrogens with zero attached hydrogens (tertiary/aromatic N) is 1. The lowest BCUT2D eigenvalue weighted by Crippen LogP contribution is -2.12. The van der Waals surface area contributed by atoms with Gasteiger partial charge in [-0.1, -0.05) is 63.2 Å². The maximum atomic E-state index is 6.33. The molecule has 0 amide bonds. The van der Waals surface area contributed by atoms with E-state index in [0.717, 1.165) is 49.9 Å². The average Bonchev–Trinajstić information content (AvgIpc) is 3.38. The molecule has 3 aromatic carbocycles. The molecule has 0 saturated heterocycles. The highest BCUT2D eigenvalue weighted by Crippen LogP contribution is 2.38. The van der Waals surface area contributed by atoms with Crippen molar-refractivity contribution in [2.75, 3.05) is 0 Å². The number of hydrogen-bond acceptors (Lipinski definition) is 3. The number of benzene rings is 3. The molecule has 0 unspecified atom stereocenters. The van der Waals surface area contributed by atoms with Crippen molar-refractivity contribution in [2.24, 2.45) is 0 Å². The number of para-hydroxylation sites is 2. The Morgan fingerprint density at radius 1 is 0.735 bits per heavy atom. The van der Waals surface area contributed by atoms with Gasteiger partial charge in [-0.15, -0.1) is 0 Å². The van der Waals surface area contributed by atoms with Gasteiger partial charge in [0.2, 0.25) is 5.71 Å². The highest BCUT2D eigenvalue weighted by Gasteiger charge is 2.19. The molecular weight excluding hydrogens is 418 g/mol. The van der Waals surface area contributed by atoms with Crippen molar-refractivity contribution in [3.05, 3.63) is 89.5 Å². The van der Waals surface area contributed by atoms with Crippen LogP contribution in [0.3, 0.4) is 0 Å². The summed E-state index contributed by atoms with van der Waals surface area (Å²) in [5.41, 5.74) is 9.21. The topological polar surface area (TPSA) is 39.2 Å². The van der Waals surface area contributed by atoms with E-state index in [9.17, 15) is 0 Å². The van der Waals surface area contributed by atoms with E-state index >= 15 is 0 Å². The third-order valence-corrected chi connectivity index (χ3v) is 6.71. The minimum atomic E-state index is 0.107. The SMILES string of the molecule is Cc1cc(C(C)(C)C)cc(C)c1-c1cc2ccc(-c3cccc4c3oc3ccccc34)nc2o1. The summed E-state index contributed by atoms with van der Waals surface area (Å²) in [6.45, 7) is 11.1. The van der Waals surface area contributed by atoms with Crippen LogP contribution in [-0.2, 0) is 5.41 Å². The Kier molecular flexibility index (Phi) is 4.47. The van der Waals surface area contributed by atoms with Crippen LogP contribution in [0.5, 0.6) is 0 Å². The largest absolute Gasteiger partial charge is 0.455 e. The summed E-state index contributed by atoms with van der Waals surface area (Å²) in [4.78, 5) is 4.90. The maximum absolute atomic E-state index is 6.33. The van der Waals surface area contributed by atoms with Crippen LogP contribution in [0.1, 0.15) is 37.5 Å². The van der Waals surface area contributed by atoms with E-state index in [1.54, 1.807) is 0 Å². The van der Waals surface area contributed by atoms with Crippen LogP contribution < -0.4 is 0 Å². The first-order chi connectivity index (χ1) is 16.3. The third-order valence-electron chi connectivity index (χ3n) is 6.71. The quantitative estimate of drug-likeness (QED) is 0.267. The van der Waals surface area contributed by atoms with Crippen LogP contribution in [0.2, 0.25) is 0 Å². The number of pyridine rings is 1. The molecule has 6 rings (SSSR count). The first-order valence-corrected chi connectivity index (χ1v) is 11.7. The molecule has 3 heterocycles. The van der Waals surface area contributed by atoms with Crippen molar-refractivity contribution in [1.82, 2.24) is 4.98 Å². The first kappa shape index (κ1) is 20.7. The van der Waals surface area contributed by atoms with E-state index in [-0.39, 0.29) is 5.41 Å². The molecule has 0 bridgehead atoms. The Hall–Kier alpha value is -3.85. The van der Waals surface area contributed by atoms with Gasteiger partial charge >= 0.3 is 0 Å². The van der Waals surface area contributed by atoms with Gasteiger partial charge in [0.1, 0.15) is 16.9 Å². The van der Waals surface area contributed by atoms with Crippen LogP contribution in [-0.4, -0.2) is 4.98 Å². The first-order valence-electron chi connectivity index (χ1n) is 11.7. The summed E-state index contributed by atoms with van der Waals surface area (Å²) in [6, 6.07) is 25.1. The van der Waals surface area contributed by atoms with E-state index < -0.39 is 0 Å². The second kappa shape index (κ2) is 7.33. The van der Waals surface area contributed by atoms with Gasteiger partial charge in [-0.25, -0.2) is 4.98 Å². The van der Waals surface area contributed by atoms with Crippen LogP contribution in [0.4, 0.5) is 0 Å². The molecule has 3 heteroatoms. The fraction of sp³-hybridized carbons (Fsp3) is 0.194. The molecule has 3 aromatic heterocycles. The number of hydrogen-bond donors (Lipinski definition) is 0. The molecule has 0 atom stereocenters. The van der Waals surface area contributed by atoms with Gasteiger partial charge in [0.25, 0.3) is 0 Å². The Balaban J connectivity index is 1.48. The molecule has 0 radical (unpaired) electrons. The zero-order valence-electron chi connectivity index (χ0n) is 20.2. The maximum Gasteiger partial charge on any atom is 0.227 e. The van der Waals surface area contributed by atoms with Gasteiger partial charge in [-0.3, -0.25) is 0 Å². The van der Waals surface area contributed by atoms with E-state index in [1.165, 1.54) is 16.7 Å². The molecule has 3 nitrogen and oxygen atoms in total. The molecule has 6 aromatic rings. The summed E-state index contributed by atoms with van der Waals surface area (Å²) < 4.78 is 12.6. The molecule has 0 saturated carbocycles. The fourth-order valence-electron chi connectivity index (χ4n) is 4.92. The smallest absolute Gasteiger partial charge is 0.227 e. The minimum Gasteiger partial charge on any atom is -0.455 e. The lowest BCUT2D eigenvalue weighted by atomic mass is 9.83. The summed E-state index contributed by atoms with van der Waals surface area (Å²) in [5.74, 6) is 0.858. The second-order valence-electron chi connectivity index (χ2n) is 10.2. The fourth-order valence-corrected chi connectivity index (χ4v) is 4.92. The van der Waals surface area contributed by atoms with E-state index in [4.69, 9.17) is 13.8 Å². The minimum absolute atomic E-state index is 0.107. The van der Waals surface area contributed by atoms with Crippen molar-refractivity contribution in [3.8, 4) is 22.6 Å². The lowest BCUT2D eigenvalue weighted by Gasteiger charge is -2.21. The summed E-state index contributed by atoms with van der Waals surface area (Å²) >= 11 is 0. The number of rotatable bonds is 2. The summed E-state index contributed by atoms with van der Waals surface area (Å²) in [6.07, 6.45) is 0. The Morgan fingerprint density at radius 2 is 1.47 bits per heavy atom. The standard InChI is InChI=1S/C31H27NO2/c1-18-15-21(31(3,4)5)16-19(2)28(18)27-17-20-13-14-25(32-30(20)34-27)24-11-8-10-23-22-9-6-7-12-26(22)33-29(23)24/h6-17H,1-5H3. The van der Waals surface area contributed by atoms with Crippen molar-refractivity contribution in [2.45, 2.75) is 40.0 Å². The molecule has 34 heavy (non-hydrogen) atoms. The van der Waals surface area contributed by atoms with Crippen LogP contribution in [0, 0.1) is 13.8 Å². The molecule has 0 aliphatic carbocycles. The summed E-state index contributed by atoms with van der Waals surface area (Å²) in [5, 5.41) is 3.21. The van der Waals surface area contributed by atoms with Crippen LogP contribution in [0.15, 0.2) is 81.6 Å². The van der Waals surface area contributed by atoms with Gasteiger partial charge in [-0.2, -0.15) is 0 Å². The van der Waals surface area contributed by atoms with Gasteiger partial charge in [0.05, 0.1) is 5.69 Å². The Morgan fingerprint density at radius 3 is 2.24 bits per heavy atom. The predicted molar refractivity (Wildman–Crippen MR) is 140 cm³/mol. The van der Waals surface area contributed by atoms with Crippen molar-refractivity contribution < 1.29 is 8.83 Å². The van der Waals surface area contributed by atoms with E-state index in [1.807, 2.05) is 24.3 Å². The monoisotopic (exact) mass is 445 g/mol. The zero-order valence-corrected chi connectivity index (χ0v) is 20.2. The number of aromatic nitrogens is 1. The Bertz CT molecular complexity index is 1690. The number of furan rings is 2. The highest BCUT2D eigenvalue weighted by molar-refractivity contribution is 6.09. The van der Waals surface area contributed by atoms with E-state index in [0.29, 0.717) is 5.71 Å². The van der Waals surface area contributed by atoms with Gasteiger partial charge < -0.3 is 8.83 Å². The second-order valence-corrected chi connectivity index (χ2v) is 10.2. The van der Waals surface area contributed by atoms with Crippen molar-refractivity contribution in [1.29, 1.82) is 0 Å². The third kappa shape index (κ3) is 3.23. The highest BCUT2D eigenvalue weighted by atomic mass is 16.3. The molecule has 0 spiro atoms. The lowest BCUT2D eigenvalue weighted by molar-refractivity contribution is 0.588. The van der Waals surface area contributed by atoms with Crippen molar-refractivity contribution >= 4 is 33.0 Å². The zero-order chi connectivity index (χ0) is 23.6. The molecule has 0 fully saturated rings. The average molecular weight is 446 g/mol. The predicted octanol–water partition coefficient (Wildman–Crippen LogP) is 8.98. The number of aryl methyl sites for hydroxylation is 2. The molecule has 168 valence electrons. The van der Waals surface area contributed by atoms with Gasteiger partial charge in [0, 0.05) is 27.3 Å².